The molecule has 0 spiro atoms. The van der Waals surface area contributed by atoms with E-state index < -0.39 is 15.9 Å². The van der Waals surface area contributed by atoms with Crippen LogP contribution in [-0.4, -0.2) is 19.9 Å². The molecule has 1 aromatic rings. The maximum Gasteiger partial charge on any atom is 0.151 e. The molecule has 0 saturated carbocycles. The Hall–Kier alpha value is -0.870. The second-order valence-corrected chi connectivity index (χ2v) is 5.61. The van der Waals surface area contributed by atoms with Crippen molar-refractivity contribution in [2.24, 2.45) is 5.73 Å². The molecule has 0 aliphatic heterocycles. The zero-order chi connectivity index (χ0) is 10.6. The van der Waals surface area contributed by atoms with Gasteiger partial charge in [-0.25, -0.2) is 8.42 Å². The van der Waals surface area contributed by atoms with Gasteiger partial charge in [0.15, 0.2) is 9.84 Å². The quantitative estimate of drug-likeness (QED) is 0.815. The fourth-order valence-corrected chi connectivity index (χ4v) is 2.16. The maximum absolute atomic E-state index is 11.3. The Labute approximate surface area is 84.9 Å². The Morgan fingerprint density at radius 1 is 1.29 bits per heavy atom. The summed E-state index contributed by atoms with van der Waals surface area (Å²) in [5, 5.41) is 0. The summed E-state index contributed by atoms with van der Waals surface area (Å²) in [6.07, 6.45) is 0. The van der Waals surface area contributed by atoms with Gasteiger partial charge in [0, 0.05) is 11.8 Å². The van der Waals surface area contributed by atoms with Crippen LogP contribution in [0, 0.1) is 0 Å². The molecule has 0 bridgehead atoms. The lowest BCUT2D eigenvalue weighted by Crippen LogP contribution is -2.22. The van der Waals surface area contributed by atoms with Crippen molar-refractivity contribution < 1.29 is 8.42 Å². The first kappa shape index (κ1) is 11.2. The van der Waals surface area contributed by atoms with E-state index in [1.807, 2.05) is 30.3 Å². The minimum absolute atomic E-state index is 0.0213. The van der Waals surface area contributed by atoms with Gasteiger partial charge in [-0.15, -0.1) is 0 Å². The summed E-state index contributed by atoms with van der Waals surface area (Å²) >= 11 is 0. The predicted molar refractivity (Wildman–Crippen MR) is 57.7 cm³/mol. The number of hydrogen-bond acceptors (Lipinski definition) is 3. The lowest BCUT2D eigenvalue weighted by Gasteiger charge is -2.11. The monoisotopic (exact) mass is 213 g/mol. The Morgan fingerprint density at radius 2 is 1.86 bits per heavy atom. The van der Waals surface area contributed by atoms with Gasteiger partial charge >= 0.3 is 0 Å². The molecule has 0 aliphatic rings. The summed E-state index contributed by atoms with van der Waals surface area (Å²) in [7, 11) is -2.99. The molecule has 14 heavy (non-hydrogen) atoms. The van der Waals surface area contributed by atoms with E-state index in [9.17, 15) is 8.42 Å². The van der Waals surface area contributed by atoms with Crippen LogP contribution in [0.1, 0.15) is 18.5 Å². The van der Waals surface area contributed by atoms with Crippen molar-refractivity contribution in [3.05, 3.63) is 35.9 Å². The van der Waals surface area contributed by atoms with E-state index in [2.05, 4.69) is 0 Å². The third-order valence-electron chi connectivity index (χ3n) is 2.10. The average molecular weight is 213 g/mol. The van der Waals surface area contributed by atoms with Crippen molar-refractivity contribution in [3.8, 4) is 0 Å². The Bertz CT molecular complexity index is 372. The molecule has 1 aromatic carbocycles. The summed E-state index contributed by atoms with van der Waals surface area (Å²) < 4.78 is 22.6. The maximum atomic E-state index is 11.3. The highest BCUT2D eigenvalue weighted by molar-refractivity contribution is 7.91. The molecule has 78 valence electrons. The molecule has 0 amide bonds. The molecule has 0 aliphatic carbocycles. The van der Waals surface area contributed by atoms with E-state index in [0.717, 1.165) is 5.56 Å². The van der Waals surface area contributed by atoms with Gasteiger partial charge in [-0.3, -0.25) is 0 Å². The molecular weight excluding hydrogens is 198 g/mol. The van der Waals surface area contributed by atoms with Gasteiger partial charge < -0.3 is 5.73 Å². The second-order valence-electron chi connectivity index (χ2n) is 3.22. The van der Waals surface area contributed by atoms with Crippen LogP contribution in [-0.2, 0) is 9.84 Å². The van der Waals surface area contributed by atoms with Crippen LogP contribution in [0.2, 0.25) is 0 Å². The van der Waals surface area contributed by atoms with E-state index in [4.69, 9.17) is 5.73 Å². The minimum Gasteiger partial charge on any atom is -0.323 e. The molecule has 3 nitrogen and oxygen atoms in total. The molecule has 0 fully saturated rings. The topological polar surface area (TPSA) is 60.2 Å². The minimum atomic E-state index is -2.99. The number of benzene rings is 1. The lowest BCUT2D eigenvalue weighted by molar-refractivity contribution is 0.590. The Balaban J connectivity index is 2.74. The third-order valence-corrected chi connectivity index (χ3v) is 3.85. The zero-order valence-corrected chi connectivity index (χ0v) is 9.00. The third kappa shape index (κ3) is 3.12. The van der Waals surface area contributed by atoms with E-state index in [1.54, 1.807) is 6.92 Å². The first-order valence-corrected chi connectivity index (χ1v) is 6.38. The molecule has 4 heteroatoms. The molecule has 0 aromatic heterocycles. The lowest BCUT2D eigenvalue weighted by atomic mass is 10.1. The highest BCUT2D eigenvalue weighted by Crippen LogP contribution is 2.11. The van der Waals surface area contributed by atoms with Gasteiger partial charge in [-0.05, 0) is 5.56 Å². The first-order chi connectivity index (χ1) is 6.55. The van der Waals surface area contributed by atoms with E-state index >= 15 is 0 Å². The van der Waals surface area contributed by atoms with Crippen molar-refractivity contribution in [2.45, 2.75) is 13.0 Å². The largest absolute Gasteiger partial charge is 0.323 e. The molecule has 2 N–H and O–H groups in total. The van der Waals surface area contributed by atoms with Gasteiger partial charge in [0.05, 0.1) is 5.75 Å². The second kappa shape index (κ2) is 4.57. The number of sulfone groups is 1. The Morgan fingerprint density at radius 3 is 2.36 bits per heavy atom. The highest BCUT2D eigenvalue weighted by atomic mass is 32.2. The number of rotatable bonds is 4. The summed E-state index contributed by atoms with van der Waals surface area (Å²) in [6, 6.07) is 8.86. The Kier molecular flexibility index (Phi) is 3.66. The van der Waals surface area contributed by atoms with Crippen LogP contribution in [0.5, 0.6) is 0 Å². The van der Waals surface area contributed by atoms with E-state index in [1.165, 1.54) is 0 Å². The van der Waals surface area contributed by atoms with Crippen molar-refractivity contribution in [2.75, 3.05) is 11.5 Å². The van der Waals surface area contributed by atoms with Crippen LogP contribution >= 0.6 is 0 Å². The van der Waals surface area contributed by atoms with Crippen molar-refractivity contribution in [1.29, 1.82) is 0 Å². The number of nitrogens with two attached hydrogens (primary N) is 1. The van der Waals surface area contributed by atoms with Gasteiger partial charge in [-0.1, -0.05) is 37.3 Å². The van der Waals surface area contributed by atoms with Crippen LogP contribution in [0.4, 0.5) is 0 Å². The van der Waals surface area contributed by atoms with Gasteiger partial charge in [0.2, 0.25) is 0 Å². The summed E-state index contributed by atoms with van der Waals surface area (Å²) in [5.74, 6) is 0.168. The van der Waals surface area contributed by atoms with Gasteiger partial charge in [0.1, 0.15) is 0 Å². The number of hydrogen-bond donors (Lipinski definition) is 1. The molecule has 1 rings (SSSR count). The van der Waals surface area contributed by atoms with Crippen LogP contribution in [0.15, 0.2) is 30.3 Å². The fraction of sp³-hybridized carbons (Fsp3) is 0.400. The summed E-state index contributed by atoms with van der Waals surface area (Å²) in [4.78, 5) is 0. The van der Waals surface area contributed by atoms with Crippen LogP contribution in [0.3, 0.4) is 0 Å². The molecule has 1 unspecified atom stereocenters. The fourth-order valence-electron chi connectivity index (χ4n) is 1.19. The standard InChI is InChI=1S/C10H15NO2S/c1-2-14(12,13)8-10(11)9-6-4-3-5-7-9/h3-7,10H,2,8,11H2,1H3. The molecule has 1 atom stereocenters. The van der Waals surface area contributed by atoms with Crippen molar-refractivity contribution >= 4 is 9.84 Å². The van der Waals surface area contributed by atoms with Crippen molar-refractivity contribution in [3.63, 3.8) is 0 Å². The summed E-state index contributed by atoms with van der Waals surface area (Å²) in [6.45, 7) is 1.63. The summed E-state index contributed by atoms with van der Waals surface area (Å²) in [5.41, 5.74) is 6.64. The molecule has 0 radical (unpaired) electrons. The van der Waals surface area contributed by atoms with Gasteiger partial charge in [-0.2, -0.15) is 0 Å². The SMILES string of the molecule is CCS(=O)(=O)CC(N)c1ccccc1. The molecule has 0 saturated heterocycles. The smallest absolute Gasteiger partial charge is 0.151 e. The first-order valence-electron chi connectivity index (χ1n) is 4.56. The average Bonchev–Trinajstić information content (AvgIpc) is 2.19. The normalized spacial score (nSPS) is 13.9. The predicted octanol–water partition coefficient (Wildman–Crippen LogP) is 1.12. The zero-order valence-electron chi connectivity index (χ0n) is 8.18. The molecular formula is C10H15NO2S. The van der Waals surface area contributed by atoms with E-state index in [0.29, 0.717) is 0 Å². The van der Waals surface area contributed by atoms with Crippen LogP contribution in [0.25, 0.3) is 0 Å². The highest BCUT2D eigenvalue weighted by Gasteiger charge is 2.14. The van der Waals surface area contributed by atoms with Gasteiger partial charge in [0.25, 0.3) is 0 Å². The van der Waals surface area contributed by atoms with Crippen molar-refractivity contribution in [1.82, 2.24) is 0 Å². The van der Waals surface area contributed by atoms with Crippen LogP contribution < -0.4 is 5.73 Å². The van der Waals surface area contributed by atoms with E-state index in [-0.39, 0.29) is 11.5 Å². The molecule has 0 heterocycles.